The minimum Gasteiger partial charge on any atom is -0.388 e. The molecule has 0 spiro atoms. The van der Waals surface area contributed by atoms with Crippen LogP contribution in [0.3, 0.4) is 0 Å². The molecular weight excluding hydrogens is 183 g/mol. The zero-order valence-electron chi connectivity index (χ0n) is 8.24. The van der Waals surface area contributed by atoms with Crippen LogP contribution in [-0.4, -0.2) is 18.8 Å². The first-order chi connectivity index (χ1) is 6.74. The Balaban J connectivity index is 2.43. The van der Waals surface area contributed by atoms with Crippen molar-refractivity contribution in [1.29, 1.82) is 0 Å². The molecule has 0 bridgehead atoms. The summed E-state index contributed by atoms with van der Waals surface area (Å²) in [5.41, 5.74) is 0.752. The molecule has 1 rings (SSSR count). The molecule has 1 unspecified atom stereocenters. The summed E-state index contributed by atoms with van der Waals surface area (Å²) in [6, 6.07) is 5.92. The topological polar surface area (TPSA) is 29.5 Å². The van der Waals surface area contributed by atoms with Gasteiger partial charge >= 0.3 is 0 Å². The molecule has 0 aromatic heterocycles. The summed E-state index contributed by atoms with van der Waals surface area (Å²) >= 11 is 0. The summed E-state index contributed by atoms with van der Waals surface area (Å²) in [7, 11) is 1.63. The van der Waals surface area contributed by atoms with E-state index in [1.165, 1.54) is 12.1 Å². The van der Waals surface area contributed by atoms with E-state index >= 15 is 0 Å². The standard InChI is InChI=1S/C11H15FO2/c1-14-8-2-3-11(13)9-4-6-10(12)7-5-9/h4-7,11,13H,2-3,8H2,1H3. The SMILES string of the molecule is COCCCC(O)c1ccc(F)cc1. The number of aliphatic hydroxyl groups excluding tert-OH is 1. The fourth-order valence-corrected chi connectivity index (χ4v) is 1.27. The van der Waals surface area contributed by atoms with Gasteiger partial charge in [-0.1, -0.05) is 12.1 Å². The average Bonchev–Trinajstić information content (AvgIpc) is 2.19. The molecule has 1 atom stereocenters. The Morgan fingerprint density at radius 2 is 2.00 bits per heavy atom. The number of rotatable bonds is 5. The lowest BCUT2D eigenvalue weighted by molar-refractivity contribution is 0.136. The first-order valence-corrected chi connectivity index (χ1v) is 4.66. The van der Waals surface area contributed by atoms with Crippen molar-refractivity contribution in [3.05, 3.63) is 35.6 Å². The van der Waals surface area contributed by atoms with E-state index in [4.69, 9.17) is 4.74 Å². The summed E-state index contributed by atoms with van der Waals surface area (Å²) in [6.45, 7) is 0.637. The summed E-state index contributed by atoms with van der Waals surface area (Å²) in [4.78, 5) is 0. The lowest BCUT2D eigenvalue weighted by atomic mass is 10.1. The normalized spacial score (nSPS) is 12.8. The minimum absolute atomic E-state index is 0.280. The average molecular weight is 198 g/mol. The molecule has 3 heteroatoms. The molecule has 0 fully saturated rings. The lowest BCUT2D eigenvalue weighted by Crippen LogP contribution is -1.99. The lowest BCUT2D eigenvalue weighted by Gasteiger charge is -2.10. The van der Waals surface area contributed by atoms with Crippen LogP contribution in [0.1, 0.15) is 24.5 Å². The second-order valence-electron chi connectivity index (χ2n) is 3.20. The highest BCUT2D eigenvalue weighted by atomic mass is 19.1. The van der Waals surface area contributed by atoms with Gasteiger partial charge in [-0.05, 0) is 30.5 Å². The largest absolute Gasteiger partial charge is 0.388 e. The third-order valence-electron chi connectivity index (χ3n) is 2.08. The number of methoxy groups -OCH3 is 1. The zero-order chi connectivity index (χ0) is 10.4. The highest BCUT2D eigenvalue weighted by Crippen LogP contribution is 2.18. The highest BCUT2D eigenvalue weighted by Gasteiger charge is 2.06. The first kappa shape index (κ1) is 11.1. The first-order valence-electron chi connectivity index (χ1n) is 4.66. The maximum atomic E-state index is 12.6. The number of halogens is 1. The molecule has 0 saturated heterocycles. The van der Waals surface area contributed by atoms with Gasteiger partial charge in [0, 0.05) is 13.7 Å². The van der Waals surface area contributed by atoms with E-state index in [-0.39, 0.29) is 5.82 Å². The summed E-state index contributed by atoms with van der Waals surface area (Å²) in [5.74, 6) is -0.280. The van der Waals surface area contributed by atoms with Crippen LogP contribution in [0, 0.1) is 5.82 Å². The van der Waals surface area contributed by atoms with Crippen LogP contribution in [0.4, 0.5) is 4.39 Å². The zero-order valence-corrected chi connectivity index (χ0v) is 8.24. The Hall–Kier alpha value is -0.930. The molecule has 0 heterocycles. The van der Waals surface area contributed by atoms with Crippen LogP contribution in [0.2, 0.25) is 0 Å². The van der Waals surface area contributed by atoms with Crippen LogP contribution in [-0.2, 0) is 4.74 Å². The van der Waals surface area contributed by atoms with Crippen LogP contribution in [0.15, 0.2) is 24.3 Å². The van der Waals surface area contributed by atoms with E-state index in [1.54, 1.807) is 19.2 Å². The van der Waals surface area contributed by atoms with Crippen molar-refractivity contribution >= 4 is 0 Å². The molecule has 0 aliphatic rings. The molecule has 0 amide bonds. The monoisotopic (exact) mass is 198 g/mol. The van der Waals surface area contributed by atoms with E-state index in [1.807, 2.05) is 0 Å². The summed E-state index contributed by atoms with van der Waals surface area (Å²) in [5, 5.41) is 9.66. The van der Waals surface area contributed by atoms with Gasteiger partial charge in [0.15, 0.2) is 0 Å². The van der Waals surface area contributed by atoms with Crippen molar-refractivity contribution in [2.24, 2.45) is 0 Å². The Bertz CT molecular complexity index is 258. The van der Waals surface area contributed by atoms with E-state index in [0.29, 0.717) is 13.0 Å². The van der Waals surface area contributed by atoms with Crippen molar-refractivity contribution < 1.29 is 14.2 Å². The van der Waals surface area contributed by atoms with E-state index in [9.17, 15) is 9.50 Å². The molecule has 0 aliphatic carbocycles. The van der Waals surface area contributed by atoms with E-state index in [0.717, 1.165) is 12.0 Å². The molecule has 14 heavy (non-hydrogen) atoms. The van der Waals surface area contributed by atoms with Gasteiger partial charge < -0.3 is 9.84 Å². The number of hydrogen-bond acceptors (Lipinski definition) is 2. The molecule has 0 aliphatic heterocycles. The molecule has 1 aromatic rings. The van der Waals surface area contributed by atoms with Crippen molar-refractivity contribution in [2.45, 2.75) is 18.9 Å². The third-order valence-corrected chi connectivity index (χ3v) is 2.08. The van der Waals surface area contributed by atoms with Gasteiger partial charge in [0.2, 0.25) is 0 Å². The second-order valence-corrected chi connectivity index (χ2v) is 3.20. The van der Waals surface area contributed by atoms with Crippen LogP contribution >= 0.6 is 0 Å². The highest BCUT2D eigenvalue weighted by molar-refractivity contribution is 5.18. The van der Waals surface area contributed by atoms with Gasteiger partial charge in [0.25, 0.3) is 0 Å². The fraction of sp³-hybridized carbons (Fsp3) is 0.455. The fourth-order valence-electron chi connectivity index (χ4n) is 1.27. The third kappa shape index (κ3) is 3.44. The Morgan fingerprint density at radius 3 is 2.57 bits per heavy atom. The molecule has 0 radical (unpaired) electrons. The van der Waals surface area contributed by atoms with Crippen molar-refractivity contribution in [1.82, 2.24) is 0 Å². The Kier molecular flexibility index (Phi) is 4.56. The number of benzene rings is 1. The Labute approximate surface area is 83.3 Å². The van der Waals surface area contributed by atoms with Crippen LogP contribution in [0.5, 0.6) is 0 Å². The smallest absolute Gasteiger partial charge is 0.123 e. The molecule has 2 nitrogen and oxygen atoms in total. The Morgan fingerprint density at radius 1 is 1.36 bits per heavy atom. The number of hydrogen-bond donors (Lipinski definition) is 1. The van der Waals surface area contributed by atoms with Gasteiger partial charge in [-0.2, -0.15) is 0 Å². The van der Waals surface area contributed by atoms with Gasteiger partial charge in [0.05, 0.1) is 6.10 Å². The van der Waals surface area contributed by atoms with Crippen molar-refractivity contribution in [3.63, 3.8) is 0 Å². The van der Waals surface area contributed by atoms with Gasteiger partial charge in [0.1, 0.15) is 5.82 Å². The summed E-state index contributed by atoms with van der Waals surface area (Å²) in [6.07, 6.45) is 0.917. The molecule has 0 saturated carbocycles. The van der Waals surface area contributed by atoms with Crippen LogP contribution in [0.25, 0.3) is 0 Å². The number of aliphatic hydroxyl groups is 1. The molecule has 1 N–H and O–H groups in total. The van der Waals surface area contributed by atoms with Gasteiger partial charge in [-0.3, -0.25) is 0 Å². The van der Waals surface area contributed by atoms with Gasteiger partial charge in [-0.25, -0.2) is 4.39 Å². The predicted octanol–water partition coefficient (Wildman–Crippen LogP) is 2.29. The second kappa shape index (κ2) is 5.73. The minimum atomic E-state index is -0.522. The maximum Gasteiger partial charge on any atom is 0.123 e. The van der Waals surface area contributed by atoms with Crippen molar-refractivity contribution in [2.75, 3.05) is 13.7 Å². The van der Waals surface area contributed by atoms with Crippen molar-refractivity contribution in [3.8, 4) is 0 Å². The molecule has 78 valence electrons. The van der Waals surface area contributed by atoms with E-state index < -0.39 is 6.10 Å². The maximum absolute atomic E-state index is 12.6. The van der Waals surface area contributed by atoms with Crippen LogP contribution < -0.4 is 0 Å². The number of ether oxygens (including phenoxy) is 1. The van der Waals surface area contributed by atoms with Gasteiger partial charge in [-0.15, -0.1) is 0 Å². The molecular formula is C11H15FO2. The van der Waals surface area contributed by atoms with E-state index in [2.05, 4.69) is 0 Å². The summed E-state index contributed by atoms with van der Waals surface area (Å²) < 4.78 is 17.4. The predicted molar refractivity (Wildman–Crippen MR) is 52.5 cm³/mol. The quantitative estimate of drug-likeness (QED) is 0.735. The molecule has 1 aromatic carbocycles.